The van der Waals surface area contributed by atoms with Gasteiger partial charge in [0, 0.05) is 30.7 Å². The summed E-state index contributed by atoms with van der Waals surface area (Å²) in [6.07, 6.45) is 0. The SMILES string of the molecule is Cl.Cn1c(CN)cc(=O)c2ccccc21. The van der Waals surface area contributed by atoms with Crippen LogP contribution in [0, 0.1) is 0 Å². The van der Waals surface area contributed by atoms with Gasteiger partial charge in [-0.2, -0.15) is 0 Å². The first-order chi connectivity index (χ1) is 6.74. The standard InChI is InChI=1S/C11H12N2O.ClH/c1-13-8(7-12)6-11(14)9-4-2-3-5-10(9)13;/h2-6H,7,12H2,1H3;1H. The third kappa shape index (κ3) is 1.89. The summed E-state index contributed by atoms with van der Waals surface area (Å²) in [5, 5.41) is 0.743. The minimum Gasteiger partial charge on any atom is -0.346 e. The average molecular weight is 225 g/mol. The molecule has 0 saturated carbocycles. The Morgan fingerprint density at radius 2 is 2.00 bits per heavy atom. The molecule has 0 atom stereocenters. The van der Waals surface area contributed by atoms with Crippen molar-refractivity contribution in [3.8, 4) is 0 Å². The zero-order valence-electron chi connectivity index (χ0n) is 8.43. The first kappa shape index (κ1) is 11.8. The van der Waals surface area contributed by atoms with Crippen LogP contribution in [0.25, 0.3) is 10.9 Å². The summed E-state index contributed by atoms with van der Waals surface area (Å²) in [6.45, 7) is 0.385. The molecule has 0 bridgehead atoms. The fourth-order valence-corrected chi connectivity index (χ4v) is 1.65. The van der Waals surface area contributed by atoms with E-state index >= 15 is 0 Å². The molecule has 2 rings (SSSR count). The van der Waals surface area contributed by atoms with E-state index in [-0.39, 0.29) is 17.8 Å². The molecular weight excluding hydrogens is 212 g/mol. The Balaban J connectivity index is 0.00000112. The number of halogens is 1. The molecule has 1 heterocycles. The molecule has 3 nitrogen and oxygen atoms in total. The number of para-hydroxylation sites is 1. The zero-order chi connectivity index (χ0) is 10.1. The number of rotatable bonds is 1. The van der Waals surface area contributed by atoms with E-state index in [0.29, 0.717) is 6.54 Å². The second-order valence-corrected chi connectivity index (χ2v) is 3.28. The van der Waals surface area contributed by atoms with Crippen molar-refractivity contribution < 1.29 is 0 Å². The highest BCUT2D eigenvalue weighted by Crippen LogP contribution is 2.10. The summed E-state index contributed by atoms with van der Waals surface area (Å²) in [5.74, 6) is 0. The van der Waals surface area contributed by atoms with Crippen LogP contribution in [0.3, 0.4) is 0 Å². The summed E-state index contributed by atoms with van der Waals surface area (Å²) >= 11 is 0. The number of fused-ring (bicyclic) bond motifs is 1. The molecule has 0 radical (unpaired) electrons. The van der Waals surface area contributed by atoms with Gasteiger partial charge in [-0.1, -0.05) is 12.1 Å². The van der Waals surface area contributed by atoms with Crippen molar-refractivity contribution in [1.82, 2.24) is 4.57 Å². The molecule has 0 fully saturated rings. The predicted octanol–water partition coefficient (Wildman–Crippen LogP) is 1.42. The maximum absolute atomic E-state index is 11.6. The lowest BCUT2D eigenvalue weighted by Gasteiger charge is -2.09. The van der Waals surface area contributed by atoms with Crippen LogP contribution < -0.4 is 11.2 Å². The molecule has 2 aromatic rings. The monoisotopic (exact) mass is 224 g/mol. The van der Waals surface area contributed by atoms with Crippen LogP contribution in [0.2, 0.25) is 0 Å². The quantitative estimate of drug-likeness (QED) is 0.797. The van der Waals surface area contributed by atoms with Gasteiger partial charge < -0.3 is 10.3 Å². The van der Waals surface area contributed by atoms with E-state index in [4.69, 9.17) is 5.73 Å². The third-order valence-electron chi connectivity index (χ3n) is 2.47. The molecule has 1 aromatic heterocycles. The highest BCUT2D eigenvalue weighted by atomic mass is 35.5. The maximum atomic E-state index is 11.6. The third-order valence-corrected chi connectivity index (χ3v) is 2.47. The van der Waals surface area contributed by atoms with Gasteiger partial charge >= 0.3 is 0 Å². The van der Waals surface area contributed by atoms with E-state index in [0.717, 1.165) is 16.6 Å². The molecule has 2 N–H and O–H groups in total. The summed E-state index contributed by atoms with van der Waals surface area (Å²) in [7, 11) is 1.92. The molecule has 0 spiro atoms. The van der Waals surface area contributed by atoms with E-state index in [1.165, 1.54) is 0 Å². The Morgan fingerprint density at radius 3 is 2.67 bits per heavy atom. The van der Waals surface area contributed by atoms with E-state index in [1.807, 2.05) is 35.9 Å². The van der Waals surface area contributed by atoms with Gasteiger partial charge in [0.1, 0.15) is 0 Å². The number of hydrogen-bond donors (Lipinski definition) is 1. The molecule has 4 heteroatoms. The second kappa shape index (κ2) is 4.47. The van der Waals surface area contributed by atoms with E-state index in [9.17, 15) is 4.79 Å². The molecule has 0 aliphatic carbocycles. The lowest BCUT2D eigenvalue weighted by atomic mass is 10.2. The number of hydrogen-bond acceptors (Lipinski definition) is 2. The van der Waals surface area contributed by atoms with Gasteiger partial charge in [0.2, 0.25) is 0 Å². The number of nitrogens with two attached hydrogens (primary N) is 1. The van der Waals surface area contributed by atoms with Gasteiger partial charge in [0.25, 0.3) is 0 Å². The van der Waals surface area contributed by atoms with Crippen molar-refractivity contribution >= 4 is 23.3 Å². The number of benzene rings is 1. The number of nitrogens with zero attached hydrogens (tertiary/aromatic N) is 1. The van der Waals surface area contributed by atoms with Crippen molar-refractivity contribution in [2.24, 2.45) is 12.8 Å². The van der Waals surface area contributed by atoms with Crippen molar-refractivity contribution in [3.05, 3.63) is 46.2 Å². The van der Waals surface area contributed by atoms with Crippen LogP contribution in [-0.2, 0) is 13.6 Å². The highest BCUT2D eigenvalue weighted by Gasteiger charge is 2.03. The Kier molecular flexibility index (Phi) is 3.50. The second-order valence-electron chi connectivity index (χ2n) is 3.28. The van der Waals surface area contributed by atoms with Crippen LogP contribution in [0.5, 0.6) is 0 Å². The molecule has 0 amide bonds. The molecule has 0 saturated heterocycles. The van der Waals surface area contributed by atoms with E-state index in [2.05, 4.69) is 0 Å². The number of pyridine rings is 1. The molecule has 0 aliphatic rings. The first-order valence-corrected chi connectivity index (χ1v) is 4.52. The lowest BCUT2D eigenvalue weighted by molar-refractivity contribution is 0.832. The summed E-state index contributed by atoms with van der Waals surface area (Å²) < 4.78 is 1.96. The zero-order valence-corrected chi connectivity index (χ0v) is 9.25. The Morgan fingerprint density at radius 1 is 1.33 bits per heavy atom. The van der Waals surface area contributed by atoms with Gasteiger partial charge in [-0.3, -0.25) is 4.79 Å². The Labute approximate surface area is 93.9 Å². The van der Waals surface area contributed by atoms with Crippen molar-refractivity contribution in [3.63, 3.8) is 0 Å². The first-order valence-electron chi connectivity index (χ1n) is 4.52. The minimum atomic E-state index is 0. The van der Waals surface area contributed by atoms with Gasteiger partial charge in [0.05, 0.1) is 5.52 Å². The minimum absolute atomic E-state index is 0. The lowest BCUT2D eigenvalue weighted by Crippen LogP contribution is -2.14. The van der Waals surface area contributed by atoms with Gasteiger partial charge in [0.15, 0.2) is 5.43 Å². The van der Waals surface area contributed by atoms with E-state index < -0.39 is 0 Å². The number of aromatic nitrogens is 1. The average Bonchev–Trinajstić information content (AvgIpc) is 2.23. The van der Waals surface area contributed by atoms with Crippen LogP contribution in [-0.4, -0.2) is 4.57 Å². The summed E-state index contributed by atoms with van der Waals surface area (Å²) in [5.41, 5.74) is 7.38. The van der Waals surface area contributed by atoms with Crippen LogP contribution >= 0.6 is 12.4 Å². The number of aryl methyl sites for hydroxylation is 1. The van der Waals surface area contributed by atoms with Crippen molar-refractivity contribution in [1.29, 1.82) is 0 Å². The van der Waals surface area contributed by atoms with Crippen LogP contribution in [0.1, 0.15) is 5.69 Å². The highest BCUT2D eigenvalue weighted by molar-refractivity contribution is 5.85. The van der Waals surface area contributed by atoms with Crippen molar-refractivity contribution in [2.45, 2.75) is 6.54 Å². The fraction of sp³-hybridized carbons (Fsp3) is 0.182. The molecule has 1 aromatic carbocycles. The predicted molar refractivity (Wildman–Crippen MR) is 64.3 cm³/mol. The van der Waals surface area contributed by atoms with Gasteiger partial charge in [-0.05, 0) is 12.1 Å². The van der Waals surface area contributed by atoms with Crippen LogP contribution in [0.15, 0.2) is 35.1 Å². The van der Waals surface area contributed by atoms with Gasteiger partial charge in [-0.25, -0.2) is 0 Å². The van der Waals surface area contributed by atoms with E-state index in [1.54, 1.807) is 6.07 Å². The normalized spacial score (nSPS) is 10.0. The summed E-state index contributed by atoms with van der Waals surface area (Å²) in [4.78, 5) is 11.6. The Bertz CT molecular complexity index is 534. The summed E-state index contributed by atoms with van der Waals surface area (Å²) in [6, 6.07) is 9.14. The molecule has 15 heavy (non-hydrogen) atoms. The topological polar surface area (TPSA) is 48.0 Å². The largest absolute Gasteiger partial charge is 0.346 e. The molecule has 0 aliphatic heterocycles. The molecule has 0 unspecified atom stereocenters. The Hall–Kier alpha value is -1.32. The van der Waals surface area contributed by atoms with Crippen LogP contribution in [0.4, 0.5) is 0 Å². The fourth-order valence-electron chi connectivity index (χ4n) is 1.65. The maximum Gasteiger partial charge on any atom is 0.189 e. The molecular formula is C11H13ClN2O. The van der Waals surface area contributed by atoms with Crippen molar-refractivity contribution in [2.75, 3.05) is 0 Å². The smallest absolute Gasteiger partial charge is 0.189 e. The van der Waals surface area contributed by atoms with Gasteiger partial charge in [-0.15, -0.1) is 12.4 Å². The molecule has 80 valence electrons.